The van der Waals surface area contributed by atoms with E-state index in [0.717, 1.165) is 11.3 Å². The third-order valence-electron chi connectivity index (χ3n) is 4.79. The zero-order chi connectivity index (χ0) is 20.8. The molecule has 0 radical (unpaired) electrons. The molecule has 0 fully saturated rings. The second-order valence-electron chi connectivity index (χ2n) is 6.93. The molecule has 4 rings (SSSR count). The minimum Gasteiger partial charge on any atom is -0.493 e. The first-order valence-corrected chi connectivity index (χ1v) is 9.79. The van der Waals surface area contributed by atoms with Crippen LogP contribution in [0.5, 0.6) is 11.5 Å². The molecular formula is C24H22N2O4. The zero-order valence-electron chi connectivity index (χ0n) is 16.3. The number of hydrogen-bond acceptors (Lipinski definition) is 4. The van der Waals surface area contributed by atoms with Crippen molar-refractivity contribution < 1.29 is 19.1 Å². The summed E-state index contributed by atoms with van der Waals surface area (Å²) in [5.74, 6) is 0.888. The van der Waals surface area contributed by atoms with Crippen LogP contribution in [-0.4, -0.2) is 25.0 Å². The second kappa shape index (κ2) is 9.13. The van der Waals surface area contributed by atoms with Gasteiger partial charge in [0.15, 0.2) is 6.61 Å². The van der Waals surface area contributed by atoms with Crippen molar-refractivity contribution >= 4 is 17.5 Å². The summed E-state index contributed by atoms with van der Waals surface area (Å²) in [4.78, 5) is 24.7. The number of carbonyl (C=O) groups is 2. The molecule has 6 heteroatoms. The molecule has 1 aliphatic rings. The van der Waals surface area contributed by atoms with Gasteiger partial charge in [-0.15, -0.1) is 0 Å². The Morgan fingerprint density at radius 3 is 2.63 bits per heavy atom. The largest absolute Gasteiger partial charge is 0.493 e. The maximum Gasteiger partial charge on any atom is 0.258 e. The molecule has 6 nitrogen and oxygen atoms in total. The van der Waals surface area contributed by atoms with Crippen LogP contribution in [0, 0.1) is 0 Å². The minimum atomic E-state index is -0.213. The SMILES string of the molecule is O=C(COc1cccc(NC(=O)c2ccccc2)c1)NC1CCOc2ccccc21. The molecule has 3 aromatic rings. The monoisotopic (exact) mass is 402 g/mol. The first-order valence-electron chi connectivity index (χ1n) is 9.79. The van der Waals surface area contributed by atoms with Crippen molar-refractivity contribution in [3.63, 3.8) is 0 Å². The van der Waals surface area contributed by atoms with Crippen molar-refractivity contribution in [3.05, 3.63) is 90.0 Å². The number of ether oxygens (including phenoxy) is 2. The summed E-state index contributed by atoms with van der Waals surface area (Å²) < 4.78 is 11.3. The Kier molecular flexibility index (Phi) is 5.94. The van der Waals surface area contributed by atoms with Gasteiger partial charge in [0.05, 0.1) is 12.6 Å². The molecule has 1 unspecified atom stereocenters. The lowest BCUT2D eigenvalue weighted by Crippen LogP contribution is -2.35. The number of amides is 2. The third kappa shape index (κ3) is 4.78. The Morgan fingerprint density at radius 1 is 0.967 bits per heavy atom. The van der Waals surface area contributed by atoms with Crippen LogP contribution in [0.3, 0.4) is 0 Å². The highest BCUT2D eigenvalue weighted by Crippen LogP contribution is 2.31. The Morgan fingerprint density at radius 2 is 1.77 bits per heavy atom. The topological polar surface area (TPSA) is 76.7 Å². The van der Waals surface area contributed by atoms with E-state index in [1.54, 1.807) is 36.4 Å². The molecule has 0 spiro atoms. The van der Waals surface area contributed by atoms with E-state index in [1.165, 1.54) is 0 Å². The molecule has 0 aliphatic carbocycles. The molecule has 0 saturated heterocycles. The van der Waals surface area contributed by atoms with Crippen molar-refractivity contribution in [2.75, 3.05) is 18.5 Å². The van der Waals surface area contributed by atoms with E-state index < -0.39 is 0 Å². The first-order chi connectivity index (χ1) is 14.7. The number of anilines is 1. The van der Waals surface area contributed by atoms with Gasteiger partial charge in [-0.05, 0) is 30.3 Å². The highest BCUT2D eigenvalue weighted by Gasteiger charge is 2.22. The van der Waals surface area contributed by atoms with E-state index >= 15 is 0 Å². The van der Waals surface area contributed by atoms with Crippen LogP contribution in [0.15, 0.2) is 78.9 Å². The van der Waals surface area contributed by atoms with E-state index in [9.17, 15) is 9.59 Å². The van der Waals surface area contributed by atoms with Crippen LogP contribution in [0.2, 0.25) is 0 Å². The quantitative estimate of drug-likeness (QED) is 0.654. The fourth-order valence-electron chi connectivity index (χ4n) is 3.33. The number of rotatable bonds is 6. The Hall–Kier alpha value is -3.80. The van der Waals surface area contributed by atoms with Gasteiger partial charge in [-0.1, -0.05) is 42.5 Å². The molecule has 1 heterocycles. The molecule has 2 amide bonds. The summed E-state index contributed by atoms with van der Waals surface area (Å²) in [5, 5.41) is 5.83. The van der Waals surface area contributed by atoms with Crippen LogP contribution in [0.25, 0.3) is 0 Å². The maximum atomic E-state index is 12.4. The smallest absolute Gasteiger partial charge is 0.258 e. The molecular weight excluding hydrogens is 380 g/mol. The summed E-state index contributed by atoms with van der Waals surface area (Å²) in [6.07, 6.45) is 0.712. The molecule has 30 heavy (non-hydrogen) atoms. The van der Waals surface area contributed by atoms with Crippen LogP contribution < -0.4 is 20.1 Å². The van der Waals surface area contributed by atoms with Crippen LogP contribution in [0.1, 0.15) is 28.4 Å². The van der Waals surface area contributed by atoms with Gasteiger partial charge >= 0.3 is 0 Å². The van der Waals surface area contributed by atoms with E-state index in [2.05, 4.69) is 10.6 Å². The number of nitrogens with one attached hydrogen (secondary N) is 2. The molecule has 2 N–H and O–H groups in total. The van der Waals surface area contributed by atoms with Crippen molar-refractivity contribution in [2.45, 2.75) is 12.5 Å². The highest BCUT2D eigenvalue weighted by molar-refractivity contribution is 6.04. The maximum absolute atomic E-state index is 12.4. The molecule has 0 saturated carbocycles. The van der Waals surface area contributed by atoms with Gasteiger partial charge in [0.2, 0.25) is 0 Å². The Labute approximate surface area is 174 Å². The number of carbonyl (C=O) groups excluding carboxylic acids is 2. The van der Waals surface area contributed by atoms with Gasteiger partial charge in [-0.3, -0.25) is 9.59 Å². The molecule has 0 aromatic heterocycles. The highest BCUT2D eigenvalue weighted by atomic mass is 16.5. The average Bonchev–Trinajstić information content (AvgIpc) is 2.79. The van der Waals surface area contributed by atoms with Gasteiger partial charge in [0, 0.05) is 29.3 Å². The van der Waals surface area contributed by atoms with E-state index in [4.69, 9.17) is 9.47 Å². The molecule has 1 atom stereocenters. The number of hydrogen-bond donors (Lipinski definition) is 2. The van der Waals surface area contributed by atoms with Crippen molar-refractivity contribution in [2.24, 2.45) is 0 Å². The fraction of sp³-hybridized carbons (Fsp3) is 0.167. The fourth-order valence-corrected chi connectivity index (χ4v) is 3.33. The standard InChI is InChI=1S/C24H22N2O4/c27-23(26-21-13-14-29-22-12-5-4-11-20(21)22)16-30-19-10-6-9-18(15-19)25-24(28)17-7-2-1-3-8-17/h1-12,15,21H,13-14,16H2,(H,25,28)(H,26,27). The Balaban J connectivity index is 1.33. The molecule has 3 aromatic carbocycles. The van der Waals surface area contributed by atoms with E-state index in [-0.39, 0.29) is 24.5 Å². The number of fused-ring (bicyclic) bond motifs is 1. The van der Waals surface area contributed by atoms with Gasteiger partial charge in [0.1, 0.15) is 11.5 Å². The Bertz CT molecular complexity index is 1040. The number of para-hydroxylation sites is 1. The first kappa shape index (κ1) is 19.5. The zero-order valence-corrected chi connectivity index (χ0v) is 16.3. The molecule has 0 bridgehead atoms. The summed E-state index contributed by atoms with van der Waals surface area (Å²) in [5.41, 5.74) is 2.14. The van der Waals surface area contributed by atoms with Crippen molar-refractivity contribution in [1.29, 1.82) is 0 Å². The number of benzene rings is 3. The lowest BCUT2D eigenvalue weighted by molar-refractivity contribution is -0.124. The summed E-state index contributed by atoms with van der Waals surface area (Å²) in [7, 11) is 0. The second-order valence-corrected chi connectivity index (χ2v) is 6.93. The third-order valence-corrected chi connectivity index (χ3v) is 4.79. The lowest BCUT2D eigenvalue weighted by atomic mass is 10.0. The molecule has 1 aliphatic heterocycles. The molecule has 152 valence electrons. The van der Waals surface area contributed by atoms with Gasteiger partial charge in [-0.2, -0.15) is 0 Å². The van der Waals surface area contributed by atoms with E-state index in [0.29, 0.717) is 30.0 Å². The van der Waals surface area contributed by atoms with E-state index in [1.807, 2.05) is 42.5 Å². The summed E-state index contributed by atoms with van der Waals surface area (Å²) in [6.45, 7) is 0.446. The van der Waals surface area contributed by atoms with Crippen LogP contribution >= 0.6 is 0 Å². The summed E-state index contributed by atoms with van der Waals surface area (Å²) in [6, 6.07) is 23.5. The van der Waals surface area contributed by atoms with Crippen LogP contribution in [-0.2, 0) is 4.79 Å². The van der Waals surface area contributed by atoms with Gasteiger partial charge in [0.25, 0.3) is 11.8 Å². The van der Waals surface area contributed by atoms with Gasteiger partial charge < -0.3 is 20.1 Å². The van der Waals surface area contributed by atoms with Crippen molar-refractivity contribution in [1.82, 2.24) is 5.32 Å². The van der Waals surface area contributed by atoms with Crippen LogP contribution in [0.4, 0.5) is 5.69 Å². The average molecular weight is 402 g/mol. The summed E-state index contributed by atoms with van der Waals surface area (Å²) >= 11 is 0. The minimum absolute atomic E-state index is 0.0949. The predicted molar refractivity (Wildman–Crippen MR) is 114 cm³/mol. The predicted octanol–water partition coefficient (Wildman–Crippen LogP) is 3.96. The van der Waals surface area contributed by atoms with Gasteiger partial charge in [-0.25, -0.2) is 0 Å². The lowest BCUT2D eigenvalue weighted by Gasteiger charge is -2.26. The normalized spacial score (nSPS) is 14.7. The van der Waals surface area contributed by atoms with Crippen molar-refractivity contribution in [3.8, 4) is 11.5 Å².